The number of aliphatic hydroxyl groups excluding tert-OH is 5. The molecule has 83 valence electrons. The molecule has 0 unspecified atom stereocenters. The van der Waals surface area contributed by atoms with Gasteiger partial charge in [-0.1, -0.05) is 0 Å². The Labute approximate surface area is 85.3 Å². The fourth-order valence-corrected chi connectivity index (χ4v) is 0.602. The Morgan fingerprint density at radius 1 is 1.15 bits per heavy atom. The van der Waals surface area contributed by atoms with Crippen LogP contribution in [0.4, 0.5) is 0 Å². The third kappa shape index (κ3) is 4.68. The largest absolute Gasteiger partial charge is 0.394 e. The van der Waals surface area contributed by atoms with Crippen LogP contribution >= 0.6 is 0 Å². The Morgan fingerprint density at radius 3 is 1.92 bits per heavy atom. The molecule has 0 aliphatic carbocycles. The molecule has 0 aliphatic rings. The second kappa shape index (κ2) is 7.40. The zero-order chi connectivity index (χ0) is 9.72. The van der Waals surface area contributed by atoms with Crippen LogP contribution in [-0.4, -0.2) is 62.8 Å². The first kappa shape index (κ1) is 15.5. The summed E-state index contributed by atoms with van der Waals surface area (Å²) in [5.74, 6) is -1.00. The van der Waals surface area contributed by atoms with Crippen LogP contribution in [0.1, 0.15) is 0 Å². The molecular formula is C6H12CuO6. The van der Waals surface area contributed by atoms with Crippen LogP contribution in [0.15, 0.2) is 0 Å². The van der Waals surface area contributed by atoms with Gasteiger partial charge >= 0.3 is 0 Å². The number of rotatable bonds is 5. The minimum absolute atomic E-state index is 0. The summed E-state index contributed by atoms with van der Waals surface area (Å²) in [7, 11) is 0. The van der Waals surface area contributed by atoms with Crippen molar-refractivity contribution < 1.29 is 47.4 Å². The molecule has 0 fully saturated rings. The molecule has 7 heteroatoms. The molecule has 0 spiro atoms. The van der Waals surface area contributed by atoms with E-state index in [0.717, 1.165) is 0 Å². The van der Waals surface area contributed by atoms with Crippen molar-refractivity contribution in [3.8, 4) is 0 Å². The van der Waals surface area contributed by atoms with Gasteiger partial charge in [0.1, 0.15) is 24.9 Å². The molecule has 0 aromatic rings. The van der Waals surface area contributed by atoms with Gasteiger partial charge in [0, 0.05) is 17.1 Å². The standard InChI is InChI=1S/C6H12O6.Cu/c7-1-3(9)5(11)6(12)4(10)2-8;/h3,5-9,11-12H,1-2H2;/t3-,5+,6+;/m1./s1. The average Bonchev–Trinajstić information content (AvgIpc) is 2.12. The minimum Gasteiger partial charge on any atom is -0.394 e. The number of carbonyl (C=O) groups excluding carboxylic acids is 1. The minimum atomic E-state index is -1.86. The van der Waals surface area contributed by atoms with Gasteiger partial charge in [-0.2, -0.15) is 0 Å². The summed E-state index contributed by atoms with van der Waals surface area (Å²) < 4.78 is 0. The first-order valence-corrected chi connectivity index (χ1v) is 3.33. The predicted octanol–water partition coefficient (Wildman–Crippen LogP) is -3.38. The number of hydrogen-bond donors (Lipinski definition) is 5. The molecule has 0 amide bonds. The van der Waals surface area contributed by atoms with Crippen molar-refractivity contribution in [3.63, 3.8) is 0 Å². The van der Waals surface area contributed by atoms with Gasteiger partial charge in [-0.3, -0.25) is 4.79 Å². The maximum Gasteiger partial charge on any atom is 0.189 e. The fourth-order valence-electron chi connectivity index (χ4n) is 0.602. The van der Waals surface area contributed by atoms with Gasteiger partial charge in [-0.15, -0.1) is 0 Å². The molecule has 0 heterocycles. The third-order valence-electron chi connectivity index (χ3n) is 1.39. The van der Waals surface area contributed by atoms with E-state index in [4.69, 9.17) is 25.5 Å². The Morgan fingerprint density at radius 2 is 1.62 bits per heavy atom. The van der Waals surface area contributed by atoms with Crippen molar-refractivity contribution in [3.05, 3.63) is 0 Å². The van der Waals surface area contributed by atoms with E-state index >= 15 is 0 Å². The predicted molar refractivity (Wildman–Crippen MR) is 37.2 cm³/mol. The maximum atomic E-state index is 10.5. The van der Waals surface area contributed by atoms with Crippen molar-refractivity contribution in [2.24, 2.45) is 0 Å². The quantitative estimate of drug-likeness (QED) is 0.322. The maximum absolute atomic E-state index is 10.5. The van der Waals surface area contributed by atoms with E-state index in [-0.39, 0.29) is 17.1 Å². The van der Waals surface area contributed by atoms with Gasteiger partial charge in [0.05, 0.1) is 6.61 Å². The van der Waals surface area contributed by atoms with Crippen LogP contribution in [0.2, 0.25) is 0 Å². The molecule has 0 bridgehead atoms. The molecule has 1 radical (unpaired) electrons. The molecule has 13 heavy (non-hydrogen) atoms. The van der Waals surface area contributed by atoms with Crippen LogP contribution in [0.5, 0.6) is 0 Å². The summed E-state index contributed by atoms with van der Waals surface area (Å²) in [5.41, 5.74) is 0. The van der Waals surface area contributed by atoms with Crippen LogP contribution in [0.25, 0.3) is 0 Å². The van der Waals surface area contributed by atoms with E-state index in [9.17, 15) is 4.79 Å². The zero-order valence-corrected chi connectivity index (χ0v) is 7.53. The normalized spacial score (nSPS) is 17.0. The molecule has 6 nitrogen and oxygen atoms in total. The van der Waals surface area contributed by atoms with Gasteiger partial charge in [0.2, 0.25) is 0 Å². The van der Waals surface area contributed by atoms with Crippen molar-refractivity contribution >= 4 is 5.78 Å². The number of Topliss-reactive ketones (excluding diaryl/α,β-unsaturated/α-hetero) is 1. The van der Waals surface area contributed by atoms with Crippen LogP contribution in [0.3, 0.4) is 0 Å². The van der Waals surface area contributed by atoms with Crippen molar-refractivity contribution in [2.75, 3.05) is 13.2 Å². The Kier molecular flexibility index (Phi) is 8.80. The van der Waals surface area contributed by atoms with Crippen LogP contribution in [-0.2, 0) is 21.9 Å². The number of aliphatic hydroxyl groups is 5. The molecule has 0 aromatic carbocycles. The first-order valence-electron chi connectivity index (χ1n) is 3.33. The van der Waals surface area contributed by atoms with Crippen molar-refractivity contribution in [2.45, 2.75) is 18.3 Å². The van der Waals surface area contributed by atoms with Crippen LogP contribution < -0.4 is 0 Å². The Balaban J connectivity index is 0. The van der Waals surface area contributed by atoms with Gasteiger partial charge in [0.15, 0.2) is 5.78 Å². The summed E-state index contributed by atoms with van der Waals surface area (Å²) in [6.07, 6.45) is -5.22. The topological polar surface area (TPSA) is 118 Å². The zero-order valence-electron chi connectivity index (χ0n) is 6.59. The molecule has 0 saturated heterocycles. The van der Waals surface area contributed by atoms with E-state index in [0.29, 0.717) is 0 Å². The first-order chi connectivity index (χ1) is 5.54. The summed E-state index contributed by atoms with van der Waals surface area (Å²) in [6, 6.07) is 0. The molecule has 5 N–H and O–H groups in total. The van der Waals surface area contributed by atoms with Crippen molar-refractivity contribution in [1.82, 2.24) is 0 Å². The summed E-state index contributed by atoms with van der Waals surface area (Å²) >= 11 is 0. The van der Waals surface area contributed by atoms with Gasteiger partial charge < -0.3 is 25.5 Å². The molecule has 0 rings (SSSR count). The summed E-state index contributed by atoms with van der Waals surface area (Å²) in [4.78, 5) is 10.5. The summed E-state index contributed by atoms with van der Waals surface area (Å²) in [5, 5.41) is 43.1. The van der Waals surface area contributed by atoms with Gasteiger partial charge in [0.25, 0.3) is 0 Å². The molecule has 0 aliphatic heterocycles. The second-order valence-corrected chi connectivity index (χ2v) is 2.31. The Hall–Kier alpha value is -0.0105. The molecular weight excluding hydrogens is 232 g/mol. The smallest absolute Gasteiger partial charge is 0.189 e. The van der Waals surface area contributed by atoms with E-state index in [1.807, 2.05) is 0 Å². The number of carbonyl (C=O) groups is 1. The number of hydrogen-bond acceptors (Lipinski definition) is 6. The SMILES string of the molecule is O=C(CO)[C@H](O)[C@@H](O)[C@H](O)CO.[Cu]. The summed E-state index contributed by atoms with van der Waals surface area (Å²) in [6.45, 7) is -1.69. The van der Waals surface area contributed by atoms with E-state index in [1.165, 1.54) is 0 Å². The molecule has 3 atom stereocenters. The van der Waals surface area contributed by atoms with Gasteiger partial charge in [-0.05, 0) is 0 Å². The molecule has 0 saturated carbocycles. The number of ketones is 1. The Bertz CT molecular complexity index is 152. The molecule has 0 aromatic heterocycles. The fraction of sp³-hybridized carbons (Fsp3) is 0.833. The second-order valence-electron chi connectivity index (χ2n) is 2.31. The van der Waals surface area contributed by atoms with Crippen molar-refractivity contribution in [1.29, 1.82) is 0 Å². The van der Waals surface area contributed by atoms with E-state index < -0.39 is 37.3 Å². The van der Waals surface area contributed by atoms with E-state index in [1.54, 1.807) is 0 Å². The van der Waals surface area contributed by atoms with Gasteiger partial charge in [-0.25, -0.2) is 0 Å². The monoisotopic (exact) mass is 243 g/mol. The third-order valence-corrected chi connectivity index (χ3v) is 1.39. The average molecular weight is 244 g/mol. The van der Waals surface area contributed by atoms with Crippen LogP contribution in [0, 0.1) is 0 Å². The van der Waals surface area contributed by atoms with E-state index in [2.05, 4.69) is 0 Å².